The molecule has 7 nitrogen and oxygen atoms in total. The minimum Gasteiger partial charge on any atom is -0.497 e. The molecule has 1 saturated heterocycles. The number of aliphatic imine (C=N–C) groups is 1. The predicted molar refractivity (Wildman–Crippen MR) is 148 cm³/mol. The first-order chi connectivity index (χ1) is 16.2. The molecule has 0 atom stereocenters. The number of fused-ring (bicyclic) bond motifs is 1. The minimum absolute atomic E-state index is 0. The number of carbonyl (C=O) groups is 1. The lowest BCUT2D eigenvalue weighted by Gasteiger charge is -2.37. The Morgan fingerprint density at radius 3 is 2.35 bits per heavy atom. The van der Waals surface area contributed by atoms with E-state index in [1.165, 1.54) is 16.8 Å². The van der Waals surface area contributed by atoms with E-state index < -0.39 is 0 Å². The maximum absolute atomic E-state index is 12.6. The molecule has 184 valence electrons. The molecule has 34 heavy (non-hydrogen) atoms. The molecule has 0 aliphatic carbocycles. The summed E-state index contributed by atoms with van der Waals surface area (Å²) in [6, 6.07) is 16.5. The molecule has 0 saturated carbocycles. The van der Waals surface area contributed by atoms with Crippen molar-refractivity contribution in [3.8, 4) is 5.75 Å². The van der Waals surface area contributed by atoms with E-state index in [4.69, 9.17) is 9.73 Å². The van der Waals surface area contributed by atoms with E-state index in [1.807, 2.05) is 29.2 Å². The van der Waals surface area contributed by atoms with Gasteiger partial charge in [-0.25, -0.2) is 0 Å². The fraction of sp³-hybridized carbons (Fsp3) is 0.462. The Morgan fingerprint density at radius 2 is 1.71 bits per heavy atom. The van der Waals surface area contributed by atoms with Gasteiger partial charge in [-0.2, -0.15) is 0 Å². The second-order valence-electron chi connectivity index (χ2n) is 8.53. The molecule has 0 aromatic heterocycles. The van der Waals surface area contributed by atoms with E-state index in [-0.39, 0.29) is 29.9 Å². The normalized spacial score (nSPS) is 15.6. The summed E-state index contributed by atoms with van der Waals surface area (Å²) in [5.74, 6) is 2.05. The molecule has 0 bridgehead atoms. The molecule has 4 rings (SSSR count). The smallest absolute Gasteiger partial charge is 0.223 e. The molecule has 0 unspecified atom stereocenters. The maximum atomic E-state index is 12.6. The van der Waals surface area contributed by atoms with E-state index >= 15 is 0 Å². The number of halogens is 1. The fourth-order valence-electron chi connectivity index (χ4n) is 4.49. The summed E-state index contributed by atoms with van der Waals surface area (Å²) < 4.78 is 5.36. The SMILES string of the molecule is CCNC(=NCCCC(=O)N1Cc2ccccc2C1)N1CCN(c2cccc(OC)c2)CC1.I. The van der Waals surface area contributed by atoms with Gasteiger partial charge in [-0.3, -0.25) is 9.79 Å². The molecule has 2 aliphatic heterocycles. The highest BCUT2D eigenvalue weighted by Gasteiger charge is 2.23. The van der Waals surface area contributed by atoms with Crippen LogP contribution in [-0.4, -0.2) is 68.0 Å². The first-order valence-corrected chi connectivity index (χ1v) is 11.9. The summed E-state index contributed by atoms with van der Waals surface area (Å²) in [6.07, 6.45) is 1.31. The van der Waals surface area contributed by atoms with Crippen LogP contribution in [0.25, 0.3) is 0 Å². The zero-order chi connectivity index (χ0) is 23.0. The van der Waals surface area contributed by atoms with Gasteiger partial charge in [0.05, 0.1) is 7.11 Å². The van der Waals surface area contributed by atoms with Crippen molar-refractivity contribution in [1.82, 2.24) is 15.1 Å². The number of guanidine groups is 1. The highest BCUT2D eigenvalue weighted by atomic mass is 127. The molecule has 8 heteroatoms. The molecule has 1 N–H and O–H groups in total. The molecule has 0 spiro atoms. The number of rotatable bonds is 7. The lowest BCUT2D eigenvalue weighted by molar-refractivity contribution is -0.131. The number of hydrogen-bond acceptors (Lipinski definition) is 4. The third-order valence-corrected chi connectivity index (χ3v) is 6.34. The Balaban J connectivity index is 0.00000324. The molecule has 2 heterocycles. The predicted octanol–water partition coefficient (Wildman–Crippen LogP) is 3.72. The summed E-state index contributed by atoms with van der Waals surface area (Å²) in [5.41, 5.74) is 3.73. The Hall–Kier alpha value is -2.49. The van der Waals surface area contributed by atoms with Gasteiger partial charge in [0, 0.05) is 70.5 Å². The Bertz CT molecular complexity index is 950. The lowest BCUT2D eigenvalue weighted by Crippen LogP contribution is -2.52. The quantitative estimate of drug-likeness (QED) is 0.235. The largest absolute Gasteiger partial charge is 0.497 e. The number of benzene rings is 2. The number of carbonyl (C=O) groups excluding carboxylic acids is 1. The maximum Gasteiger partial charge on any atom is 0.223 e. The molecule has 2 aromatic rings. The summed E-state index contributed by atoms with van der Waals surface area (Å²) >= 11 is 0. The average molecular weight is 578 g/mol. The molecule has 1 fully saturated rings. The standard InChI is InChI=1S/C26H35N5O2.HI/c1-3-27-26(30-16-14-29(15-17-30)23-10-6-11-24(18-23)33-2)28-13-7-12-25(32)31-19-21-8-4-5-9-22(21)20-31;/h4-6,8-11,18H,3,7,12-17,19-20H2,1-2H3,(H,27,28);1H. The number of anilines is 1. The summed E-state index contributed by atoms with van der Waals surface area (Å²) in [6.45, 7) is 8.75. The molecule has 2 aliphatic rings. The van der Waals surface area contributed by atoms with Crippen LogP contribution < -0.4 is 15.0 Å². The van der Waals surface area contributed by atoms with Crippen molar-refractivity contribution in [2.45, 2.75) is 32.9 Å². The van der Waals surface area contributed by atoms with E-state index in [2.05, 4.69) is 46.3 Å². The van der Waals surface area contributed by atoms with Crippen LogP contribution >= 0.6 is 24.0 Å². The Morgan fingerprint density at radius 1 is 1.00 bits per heavy atom. The van der Waals surface area contributed by atoms with Crippen LogP contribution in [-0.2, 0) is 17.9 Å². The Labute approximate surface area is 220 Å². The number of ether oxygens (including phenoxy) is 1. The van der Waals surface area contributed by atoms with Crippen molar-refractivity contribution in [3.63, 3.8) is 0 Å². The van der Waals surface area contributed by atoms with Gasteiger partial charge in [0.2, 0.25) is 5.91 Å². The van der Waals surface area contributed by atoms with Crippen LogP contribution in [0.3, 0.4) is 0 Å². The zero-order valence-electron chi connectivity index (χ0n) is 20.2. The van der Waals surface area contributed by atoms with E-state index in [9.17, 15) is 4.79 Å². The molecule has 2 aromatic carbocycles. The van der Waals surface area contributed by atoms with Crippen molar-refractivity contribution in [2.24, 2.45) is 4.99 Å². The second kappa shape index (κ2) is 12.8. The van der Waals surface area contributed by atoms with Gasteiger partial charge in [0.1, 0.15) is 5.75 Å². The van der Waals surface area contributed by atoms with Crippen LogP contribution in [0, 0.1) is 0 Å². The number of piperazine rings is 1. The topological polar surface area (TPSA) is 60.4 Å². The minimum atomic E-state index is 0. The molecule has 0 radical (unpaired) electrons. The van der Waals surface area contributed by atoms with E-state index in [1.54, 1.807) is 7.11 Å². The van der Waals surface area contributed by atoms with Crippen LogP contribution in [0.5, 0.6) is 5.75 Å². The van der Waals surface area contributed by atoms with Crippen LogP contribution in [0.1, 0.15) is 30.9 Å². The second-order valence-corrected chi connectivity index (χ2v) is 8.53. The van der Waals surface area contributed by atoms with Gasteiger partial charge in [0.25, 0.3) is 0 Å². The van der Waals surface area contributed by atoms with Gasteiger partial charge in [0.15, 0.2) is 5.96 Å². The van der Waals surface area contributed by atoms with Crippen molar-refractivity contribution in [2.75, 3.05) is 51.3 Å². The lowest BCUT2D eigenvalue weighted by atomic mass is 10.1. The number of nitrogens with zero attached hydrogens (tertiary/aromatic N) is 4. The average Bonchev–Trinajstić information content (AvgIpc) is 3.30. The summed E-state index contributed by atoms with van der Waals surface area (Å²) in [7, 11) is 1.70. The number of amides is 1. The molecular formula is C26H36IN5O2. The van der Waals surface area contributed by atoms with Crippen molar-refractivity contribution in [1.29, 1.82) is 0 Å². The van der Waals surface area contributed by atoms with Gasteiger partial charge < -0.3 is 24.8 Å². The molecule has 1 amide bonds. The zero-order valence-corrected chi connectivity index (χ0v) is 22.5. The van der Waals surface area contributed by atoms with E-state index in [0.29, 0.717) is 13.0 Å². The highest BCUT2D eigenvalue weighted by molar-refractivity contribution is 14.0. The van der Waals surface area contributed by atoms with Gasteiger partial charge >= 0.3 is 0 Å². The van der Waals surface area contributed by atoms with Gasteiger partial charge in [-0.15, -0.1) is 24.0 Å². The van der Waals surface area contributed by atoms with Gasteiger partial charge in [-0.1, -0.05) is 30.3 Å². The third-order valence-electron chi connectivity index (χ3n) is 6.34. The third kappa shape index (κ3) is 6.55. The first kappa shape index (κ1) is 26.1. The molecular weight excluding hydrogens is 541 g/mol. The Kier molecular flexibility index (Phi) is 9.86. The van der Waals surface area contributed by atoms with Crippen LogP contribution in [0.15, 0.2) is 53.5 Å². The van der Waals surface area contributed by atoms with E-state index in [0.717, 1.165) is 63.9 Å². The summed E-state index contributed by atoms with van der Waals surface area (Å²) in [4.78, 5) is 24.1. The van der Waals surface area contributed by atoms with Crippen molar-refractivity contribution in [3.05, 3.63) is 59.7 Å². The monoisotopic (exact) mass is 577 g/mol. The van der Waals surface area contributed by atoms with Gasteiger partial charge in [-0.05, 0) is 36.6 Å². The van der Waals surface area contributed by atoms with Crippen molar-refractivity contribution < 1.29 is 9.53 Å². The fourth-order valence-corrected chi connectivity index (χ4v) is 4.49. The number of hydrogen-bond donors (Lipinski definition) is 1. The first-order valence-electron chi connectivity index (χ1n) is 11.9. The number of methoxy groups -OCH3 is 1. The van der Waals surface area contributed by atoms with Crippen molar-refractivity contribution >= 4 is 41.5 Å². The van der Waals surface area contributed by atoms with Crippen LogP contribution in [0.2, 0.25) is 0 Å². The highest BCUT2D eigenvalue weighted by Crippen LogP contribution is 2.23. The summed E-state index contributed by atoms with van der Waals surface area (Å²) in [5, 5.41) is 3.42. The number of nitrogens with one attached hydrogen (secondary N) is 1. The van der Waals surface area contributed by atoms with Crippen LogP contribution in [0.4, 0.5) is 5.69 Å².